The molecule has 2 aromatic rings. The van der Waals surface area contributed by atoms with Crippen LogP contribution in [0, 0.1) is 18.6 Å². The van der Waals surface area contributed by atoms with Crippen molar-refractivity contribution in [3.05, 3.63) is 59.2 Å². The fourth-order valence-electron chi connectivity index (χ4n) is 1.83. The van der Waals surface area contributed by atoms with Gasteiger partial charge >= 0.3 is 6.18 Å². The summed E-state index contributed by atoms with van der Waals surface area (Å²) >= 11 is 0. The fraction of sp³-hybridized carbons (Fsp3) is 0.143. The number of hydrogen-bond donors (Lipinski definition) is 1. The molecule has 0 unspecified atom stereocenters. The average Bonchev–Trinajstić information content (AvgIpc) is 2.42. The van der Waals surface area contributed by atoms with Crippen molar-refractivity contribution in [3.8, 4) is 0 Å². The van der Waals surface area contributed by atoms with Gasteiger partial charge in [0.2, 0.25) is 0 Å². The first-order valence-electron chi connectivity index (χ1n) is 6.17. The van der Waals surface area contributed by atoms with Gasteiger partial charge in [-0.2, -0.15) is 13.2 Å². The molecule has 2 rings (SSSR count). The van der Waals surface area contributed by atoms with E-state index in [1.807, 2.05) is 0 Å². The van der Waals surface area contributed by atoms with Gasteiger partial charge in [0.05, 0.1) is 16.1 Å². The summed E-state index contributed by atoms with van der Waals surface area (Å²) in [6, 6.07) is 6.35. The predicted molar refractivity (Wildman–Crippen MR) is 73.3 cm³/mol. The van der Waals surface area contributed by atoms with E-state index in [4.69, 9.17) is 0 Å². The lowest BCUT2D eigenvalue weighted by Crippen LogP contribution is -2.16. The lowest BCUT2D eigenvalue weighted by Gasteiger charge is -2.13. The number of rotatable bonds is 3. The number of halogens is 5. The van der Waals surface area contributed by atoms with Gasteiger partial charge in [-0.1, -0.05) is 12.1 Å². The zero-order chi connectivity index (χ0) is 17.4. The molecule has 124 valence electrons. The highest BCUT2D eigenvalue weighted by molar-refractivity contribution is 7.92. The van der Waals surface area contributed by atoms with Gasteiger partial charge in [-0.05, 0) is 36.8 Å². The first-order valence-corrected chi connectivity index (χ1v) is 7.65. The van der Waals surface area contributed by atoms with E-state index in [0.717, 1.165) is 0 Å². The van der Waals surface area contributed by atoms with Crippen LogP contribution in [0.5, 0.6) is 0 Å². The summed E-state index contributed by atoms with van der Waals surface area (Å²) in [6.45, 7) is 1.62. The lowest BCUT2D eigenvalue weighted by molar-refractivity contribution is -0.140. The quantitative estimate of drug-likeness (QED) is 0.847. The Morgan fingerprint density at radius 3 is 2.22 bits per heavy atom. The number of hydrogen-bond acceptors (Lipinski definition) is 2. The minimum Gasteiger partial charge on any atom is -0.277 e. The maximum absolute atomic E-state index is 13.7. The van der Waals surface area contributed by atoms with Crippen LogP contribution >= 0.6 is 0 Å². The molecule has 0 saturated carbocycles. The summed E-state index contributed by atoms with van der Waals surface area (Å²) in [5.41, 5.74) is -2.11. The summed E-state index contributed by atoms with van der Waals surface area (Å²) in [7, 11) is -4.26. The summed E-state index contributed by atoms with van der Waals surface area (Å²) < 4.78 is 90.5. The lowest BCUT2D eigenvalue weighted by atomic mass is 10.2. The Morgan fingerprint density at radius 1 is 1.00 bits per heavy atom. The number of anilines is 1. The van der Waals surface area contributed by atoms with Crippen LogP contribution in [0.3, 0.4) is 0 Å². The smallest absolute Gasteiger partial charge is 0.277 e. The van der Waals surface area contributed by atoms with E-state index >= 15 is 0 Å². The zero-order valence-corrected chi connectivity index (χ0v) is 12.4. The maximum atomic E-state index is 13.7. The summed E-state index contributed by atoms with van der Waals surface area (Å²) in [4.78, 5) is -0.225. The molecule has 0 aliphatic carbocycles. The maximum Gasteiger partial charge on any atom is 0.419 e. The summed E-state index contributed by atoms with van der Waals surface area (Å²) in [6.07, 6.45) is -5.08. The monoisotopic (exact) mass is 351 g/mol. The molecule has 0 aliphatic rings. The minimum atomic E-state index is -5.08. The molecule has 0 radical (unpaired) electrons. The van der Waals surface area contributed by atoms with E-state index in [1.54, 1.807) is 17.7 Å². The molecule has 1 N–H and O–H groups in total. The molecule has 0 bridgehead atoms. The van der Waals surface area contributed by atoms with Crippen molar-refractivity contribution in [2.75, 3.05) is 4.72 Å². The van der Waals surface area contributed by atoms with Gasteiger partial charge in [-0.25, -0.2) is 17.2 Å². The van der Waals surface area contributed by atoms with E-state index in [0.29, 0.717) is 11.6 Å². The first kappa shape index (κ1) is 17.2. The molecule has 3 nitrogen and oxygen atoms in total. The Hall–Kier alpha value is -2.16. The minimum absolute atomic E-state index is 0.225. The van der Waals surface area contributed by atoms with Crippen LogP contribution in [-0.4, -0.2) is 8.42 Å². The Kier molecular flexibility index (Phi) is 4.34. The van der Waals surface area contributed by atoms with Crippen molar-refractivity contribution in [2.24, 2.45) is 0 Å². The second kappa shape index (κ2) is 5.80. The molecule has 0 amide bonds. The molecule has 0 spiro atoms. The standard InChI is InChI=1S/C14H10F5NO2S/c1-8-3-2-4-9(7-8)23(21,22)20-11-6-5-10(14(17,18)19)12(15)13(11)16/h2-7,20H,1H3. The fourth-order valence-corrected chi connectivity index (χ4v) is 3.00. The van der Waals surface area contributed by atoms with Gasteiger partial charge in [0.25, 0.3) is 10.0 Å². The van der Waals surface area contributed by atoms with Gasteiger partial charge in [0.1, 0.15) is 0 Å². The highest BCUT2D eigenvalue weighted by Gasteiger charge is 2.36. The summed E-state index contributed by atoms with van der Waals surface area (Å²) in [5.74, 6) is -4.09. The van der Waals surface area contributed by atoms with E-state index in [1.165, 1.54) is 18.2 Å². The van der Waals surface area contributed by atoms with Gasteiger partial charge in [-0.3, -0.25) is 4.72 Å². The normalized spacial score (nSPS) is 12.3. The van der Waals surface area contributed by atoms with Gasteiger partial charge < -0.3 is 0 Å². The largest absolute Gasteiger partial charge is 0.419 e. The van der Waals surface area contributed by atoms with Crippen LogP contribution in [-0.2, 0) is 16.2 Å². The topological polar surface area (TPSA) is 46.2 Å². The highest BCUT2D eigenvalue weighted by atomic mass is 32.2. The number of sulfonamides is 1. The highest BCUT2D eigenvalue weighted by Crippen LogP contribution is 2.34. The van der Waals surface area contributed by atoms with Gasteiger partial charge in [-0.15, -0.1) is 0 Å². The van der Waals surface area contributed by atoms with Crippen molar-refractivity contribution in [3.63, 3.8) is 0 Å². The van der Waals surface area contributed by atoms with Crippen molar-refractivity contribution in [1.82, 2.24) is 0 Å². The molecule has 0 atom stereocenters. The Labute approximate surface area is 128 Å². The Bertz CT molecular complexity index is 847. The van der Waals surface area contributed by atoms with E-state index < -0.39 is 39.1 Å². The number of aryl methyl sites for hydroxylation is 1. The predicted octanol–water partition coefficient (Wildman–Crippen LogP) is 4.09. The molecule has 0 fully saturated rings. The Balaban J connectivity index is 2.43. The first-order chi connectivity index (χ1) is 10.5. The third-order valence-electron chi connectivity index (χ3n) is 2.93. The molecular weight excluding hydrogens is 341 g/mol. The zero-order valence-electron chi connectivity index (χ0n) is 11.6. The third kappa shape index (κ3) is 3.61. The van der Waals surface area contributed by atoms with Crippen LogP contribution in [0.25, 0.3) is 0 Å². The second-order valence-corrected chi connectivity index (χ2v) is 6.39. The van der Waals surface area contributed by atoms with Crippen LogP contribution in [0.15, 0.2) is 41.3 Å². The van der Waals surface area contributed by atoms with Crippen LogP contribution in [0.4, 0.5) is 27.6 Å². The SMILES string of the molecule is Cc1cccc(S(=O)(=O)Nc2ccc(C(F)(F)F)c(F)c2F)c1. The summed E-state index contributed by atoms with van der Waals surface area (Å²) in [5, 5.41) is 0. The molecule has 0 heterocycles. The molecular formula is C14H10F5NO2S. The van der Waals surface area contributed by atoms with E-state index in [-0.39, 0.29) is 11.0 Å². The van der Waals surface area contributed by atoms with Crippen molar-refractivity contribution in [2.45, 2.75) is 18.0 Å². The second-order valence-electron chi connectivity index (χ2n) is 4.71. The molecule has 0 aliphatic heterocycles. The van der Waals surface area contributed by atoms with Crippen LogP contribution < -0.4 is 4.72 Å². The number of alkyl halides is 3. The molecule has 0 aromatic heterocycles. The Morgan fingerprint density at radius 2 is 1.65 bits per heavy atom. The van der Waals surface area contributed by atoms with Crippen LogP contribution in [0.2, 0.25) is 0 Å². The molecule has 0 saturated heterocycles. The van der Waals surface area contributed by atoms with E-state index in [9.17, 15) is 30.4 Å². The molecule has 9 heteroatoms. The van der Waals surface area contributed by atoms with Gasteiger partial charge in [0, 0.05) is 0 Å². The number of nitrogens with one attached hydrogen (secondary N) is 1. The molecule has 23 heavy (non-hydrogen) atoms. The van der Waals surface area contributed by atoms with Crippen molar-refractivity contribution < 1.29 is 30.4 Å². The third-order valence-corrected chi connectivity index (χ3v) is 4.30. The van der Waals surface area contributed by atoms with Gasteiger partial charge in [0.15, 0.2) is 11.6 Å². The van der Waals surface area contributed by atoms with Crippen molar-refractivity contribution >= 4 is 15.7 Å². The van der Waals surface area contributed by atoms with Crippen LogP contribution in [0.1, 0.15) is 11.1 Å². The van der Waals surface area contributed by atoms with Crippen molar-refractivity contribution in [1.29, 1.82) is 0 Å². The van der Waals surface area contributed by atoms with E-state index in [2.05, 4.69) is 0 Å². The molecule has 2 aromatic carbocycles. The number of benzene rings is 2. The average molecular weight is 351 g/mol.